The van der Waals surface area contributed by atoms with Crippen molar-refractivity contribution >= 4 is 18.1 Å². The van der Waals surface area contributed by atoms with Crippen LogP contribution in [0, 0.1) is 10.1 Å². The number of amides is 1. The summed E-state index contributed by atoms with van der Waals surface area (Å²) in [6.07, 6.45) is 1.18. The van der Waals surface area contributed by atoms with E-state index in [2.05, 4.69) is 20.6 Å². The second-order valence-electron chi connectivity index (χ2n) is 3.86. The van der Waals surface area contributed by atoms with Crippen LogP contribution in [0.5, 0.6) is 11.5 Å². The van der Waals surface area contributed by atoms with E-state index in [1.54, 1.807) is 6.07 Å². The van der Waals surface area contributed by atoms with Gasteiger partial charge in [0.15, 0.2) is 0 Å². The summed E-state index contributed by atoms with van der Waals surface area (Å²) in [7, 11) is 1.46. The van der Waals surface area contributed by atoms with Crippen LogP contribution in [0.4, 0.5) is 5.95 Å². The van der Waals surface area contributed by atoms with E-state index in [1.807, 2.05) is 5.10 Å². The molecule has 0 unspecified atom stereocenters. The van der Waals surface area contributed by atoms with Crippen LogP contribution in [0.1, 0.15) is 16.2 Å². The van der Waals surface area contributed by atoms with E-state index in [4.69, 9.17) is 4.74 Å². The maximum absolute atomic E-state index is 11.6. The molecule has 3 N–H and O–H groups in total. The molecule has 1 aromatic carbocycles. The van der Waals surface area contributed by atoms with Crippen molar-refractivity contribution in [1.29, 1.82) is 0 Å². The SMILES string of the molecule is COc1ccc(O)c(C=NNC(=O)c2n[nH]c([N+](=O)[O-])n2)c1. The lowest BCUT2D eigenvalue weighted by Crippen LogP contribution is -2.19. The van der Waals surface area contributed by atoms with Gasteiger partial charge >= 0.3 is 17.7 Å². The molecule has 0 atom stereocenters. The van der Waals surface area contributed by atoms with E-state index in [1.165, 1.54) is 25.5 Å². The minimum absolute atomic E-state index is 0.0627. The Bertz CT molecular complexity index is 740. The van der Waals surface area contributed by atoms with Gasteiger partial charge < -0.3 is 20.0 Å². The first-order valence-electron chi connectivity index (χ1n) is 5.78. The molecule has 0 radical (unpaired) electrons. The number of hydrogen-bond acceptors (Lipinski definition) is 8. The summed E-state index contributed by atoms with van der Waals surface area (Å²) in [6, 6.07) is 4.46. The van der Waals surface area contributed by atoms with E-state index in [0.717, 1.165) is 0 Å². The van der Waals surface area contributed by atoms with Gasteiger partial charge in [-0.05, 0) is 28.1 Å². The Kier molecular flexibility index (Phi) is 4.27. The molecule has 11 heteroatoms. The number of rotatable bonds is 5. The minimum atomic E-state index is -0.844. The van der Waals surface area contributed by atoms with Gasteiger partial charge in [-0.2, -0.15) is 5.10 Å². The quantitative estimate of drug-likeness (QED) is 0.404. The van der Waals surface area contributed by atoms with E-state index in [9.17, 15) is 20.0 Å². The number of phenols is 1. The zero-order chi connectivity index (χ0) is 16.1. The number of nitrogens with zero attached hydrogens (tertiary/aromatic N) is 4. The lowest BCUT2D eigenvalue weighted by Gasteiger charge is -2.02. The predicted molar refractivity (Wildman–Crippen MR) is 72.8 cm³/mol. The summed E-state index contributed by atoms with van der Waals surface area (Å²) >= 11 is 0. The molecule has 0 fully saturated rings. The number of nitrogens with one attached hydrogen (secondary N) is 2. The van der Waals surface area contributed by atoms with Crippen molar-refractivity contribution in [3.8, 4) is 11.5 Å². The van der Waals surface area contributed by atoms with Crippen LogP contribution < -0.4 is 10.2 Å². The van der Waals surface area contributed by atoms with E-state index < -0.39 is 22.6 Å². The molecule has 1 aromatic heterocycles. The number of hydrazone groups is 1. The Hall–Kier alpha value is -3.50. The number of nitro groups is 1. The van der Waals surface area contributed by atoms with Gasteiger partial charge in [-0.15, -0.1) is 5.10 Å². The molecule has 22 heavy (non-hydrogen) atoms. The van der Waals surface area contributed by atoms with E-state index >= 15 is 0 Å². The lowest BCUT2D eigenvalue weighted by atomic mass is 10.2. The molecule has 0 aliphatic rings. The molecule has 0 bridgehead atoms. The van der Waals surface area contributed by atoms with Crippen molar-refractivity contribution < 1.29 is 19.6 Å². The highest BCUT2D eigenvalue weighted by atomic mass is 16.6. The van der Waals surface area contributed by atoms with Crippen LogP contribution in [0.3, 0.4) is 0 Å². The third-order valence-electron chi connectivity index (χ3n) is 2.45. The Morgan fingerprint density at radius 2 is 2.36 bits per heavy atom. The number of aromatic amines is 1. The van der Waals surface area contributed by atoms with Gasteiger partial charge in [0, 0.05) is 5.56 Å². The summed E-state index contributed by atoms with van der Waals surface area (Å²) in [5.41, 5.74) is 2.38. The first-order valence-corrected chi connectivity index (χ1v) is 5.78. The highest BCUT2D eigenvalue weighted by Crippen LogP contribution is 2.20. The second-order valence-corrected chi connectivity index (χ2v) is 3.86. The molecular weight excluding hydrogens is 296 g/mol. The van der Waals surface area contributed by atoms with Crippen LogP contribution in [-0.4, -0.2) is 44.4 Å². The first-order chi connectivity index (χ1) is 10.5. The number of hydrogen-bond donors (Lipinski definition) is 3. The topological polar surface area (TPSA) is 156 Å². The average molecular weight is 306 g/mol. The number of H-pyrrole nitrogens is 1. The van der Waals surface area contributed by atoms with Crippen molar-refractivity contribution in [3.05, 3.63) is 39.7 Å². The number of aromatic hydroxyl groups is 1. The van der Waals surface area contributed by atoms with Gasteiger partial charge in [-0.1, -0.05) is 5.10 Å². The second kappa shape index (κ2) is 6.30. The third-order valence-corrected chi connectivity index (χ3v) is 2.45. The number of benzene rings is 1. The maximum Gasteiger partial charge on any atom is 0.454 e. The molecular formula is C11H10N6O5. The van der Waals surface area contributed by atoms with Gasteiger partial charge in [0.2, 0.25) is 0 Å². The van der Waals surface area contributed by atoms with Gasteiger partial charge in [0.1, 0.15) is 11.5 Å². The van der Waals surface area contributed by atoms with Gasteiger partial charge in [0.25, 0.3) is 0 Å². The number of aromatic nitrogens is 3. The maximum atomic E-state index is 11.6. The zero-order valence-electron chi connectivity index (χ0n) is 11.2. The van der Waals surface area contributed by atoms with Crippen molar-refractivity contribution in [1.82, 2.24) is 20.6 Å². The standard InChI is InChI=1S/C11H10N6O5/c1-22-7-2-3-8(18)6(4-7)5-12-15-10(19)9-13-11(16-14-9)17(20)21/h2-5,18H,1H3,(H,15,19)(H,13,14,16). The fourth-order valence-electron chi connectivity index (χ4n) is 1.41. The zero-order valence-corrected chi connectivity index (χ0v) is 11.2. The minimum Gasteiger partial charge on any atom is -0.507 e. The normalized spacial score (nSPS) is 10.6. The van der Waals surface area contributed by atoms with Crippen molar-refractivity contribution in [2.24, 2.45) is 5.10 Å². The van der Waals surface area contributed by atoms with Gasteiger partial charge in [-0.3, -0.25) is 4.79 Å². The Balaban J connectivity index is 2.05. The molecule has 0 saturated heterocycles. The number of ether oxygens (including phenoxy) is 1. The molecule has 2 aromatic rings. The smallest absolute Gasteiger partial charge is 0.454 e. The van der Waals surface area contributed by atoms with Gasteiger partial charge in [-0.25, -0.2) is 5.43 Å². The Labute approximate surface area is 122 Å². The van der Waals surface area contributed by atoms with Crippen LogP contribution in [0.2, 0.25) is 0 Å². The molecule has 0 saturated carbocycles. The predicted octanol–water partition coefficient (Wildman–Crippen LogP) is 0.191. The molecule has 0 aliphatic heterocycles. The van der Waals surface area contributed by atoms with Crippen molar-refractivity contribution in [2.75, 3.05) is 7.11 Å². The van der Waals surface area contributed by atoms with Crippen LogP contribution in [0.25, 0.3) is 0 Å². The summed E-state index contributed by atoms with van der Waals surface area (Å²) in [6.45, 7) is 0. The van der Waals surface area contributed by atoms with E-state index in [-0.39, 0.29) is 5.75 Å². The van der Waals surface area contributed by atoms with Gasteiger partial charge in [0.05, 0.1) is 13.3 Å². The number of phenolic OH excluding ortho intramolecular Hbond substituents is 1. The summed E-state index contributed by atoms with van der Waals surface area (Å²) in [5, 5.41) is 29.0. The fraction of sp³-hybridized carbons (Fsp3) is 0.0909. The number of carbonyl (C=O) groups excluding carboxylic acids is 1. The fourth-order valence-corrected chi connectivity index (χ4v) is 1.41. The number of methoxy groups -OCH3 is 1. The molecule has 2 rings (SSSR count). The molecule has 11 nitrogen and oxygen atoms in total. The molecule has 1 heterocycles. The molecule has 0 spiro atoms. The van der Waals surface area contributed by atoms with Crippen molar-refractivity contribution in [3.63, 3.8) is 0 Å². The summed E-state index contributed by atoms with van der Waals surface area (Å²) < 4.78 is 4.98. The average Bonchev–Trinajstić information content (AvgIpc) is 2.99. The molecule has 0 aliphatic carbocycles. The lowest BCUT2D eigenvalue weighted by molar-refractivity contribution is -0.394. The van der Waals surface area contributed by atoms with Crippen molar-refractivity contribution in [2.45, 2.75) is 0 Å². The monoisotopic (exact) mass is 306 g/mol. The van der Waals surface area contributed by atoms with E-state index in [0.29, 0.717) is 11.3 Å². The summed E-state index contributed by atoms with van der Waals surface area (Å²) in [5.74, 6) is -1.50. The Morgan fingerprint density at radius 3 is 3.00 bits per heavy atom. The highest BCUT2D eigenvalue weighted by molar-refractivity contribution is 5.92. The largest absolute Gasteiger partial charge is 0.507 e. The molecule has 114 valence electrons. The molecule has 1 amide bonds. The van der Waals surface area contributed by atoms with Crippen LogP contribution in [-0.2, 0) is 0 Å². The van der Waals surface area contributed by atoms with Crippen LogP contribution in [0.15, 0.2) is 23.3 Å². The first kappa shape index (κ1) is 14.9. The Morgan fingerprint density at radius 1 is 1.59 bits per heavy atom. The van der Waals surface area contributed by atoms with Crippen LogP contribution >= 0.6 is 0 Å². The summed E-state index contributed by atoms with van der Waals surface area (Å²) in [4.78, 5) is 24.5. The third kappa shape index (κ3) is 3.33. The number of carbonyl (C=O) groups is 1. The highest BCUT2D eigenvalue weighted by Gasteiger charge is 2.20.